The summed E-state index contributed by atoms with van der Waals surface area (Å²) in [6.07, 6.45) is 0.400. The van der Waals surface area contributed by atoms with E-state index in [4.69, 9.17) is 9.47 Å². The second-order valence-corrected chi connectivity index (χ2v) is 6.49. The van der Waals surface area contributed by atoms with Gasteiger partial charge in [-0.05, 0) is 11.6 Å². The SMILES string of the molecule is C=C[C@]1(c2ccccc2)CO[C@@H]2Oc3ccc([N+](=O)[O-])cc3C(=O)[C@@]21C#N. The highest BCUT2D eigenvalue weighted by Gasteiger charge is 2.69. The molecule has 0 spiro atoms. The summed E-state index contributed by atoms with van der Waals surface area (Å²) >= 11 is 0. The number of nitrogens with zero attached hydrogens (tertiary/aromatic N) is 2. The minimum Gasteiger partial charge on any atom is -0.462 e. The Hall–Kier alpha value is -3.50. The van der Waals surface area contributed by atoms with Crippen molar-refractivity contribution in [1.82, 2.24) is 0 Å². The Balaban J connectivity index is 1.96. The summed E-state index contributed by atoms with van der Waals surface area (Å²) in [4.78, 5) is 24.0. The van der Waals surface area contributed by atoms with Gasteiger partial charge in [0.1, 0.15) is 5.75 Å². The minimum absolute atomic E-state index is 0.00495. The van der Waals surface area contributed by atoms with Gasteiger partial charge >= 0.3 is 0 Å². The van der Waals surface area contributed by atoms with Crippen molar-refractivity contribution >= 4 is 11.5 Å². The Labute approximate surface area is 154 Å². The van der Waals surface area contributed by atoms with Crippen LogP contribution in [0.15, 0.2) is 61.2 Å². The Kier molecular flexibility index (Phi) is 3.61. The first-order valence-corrected chi connectivity index (χ1v) is 8.22. The Bertz CT molecular complexity index is 1010. The highest BCUT2D eigenvalue weighted by atomic mass is 16.7. The van der Waals surface area contributed by atoms with Crippen LogP contribution >= 0.6 is 0 Å². The molecule has 0 amide bonds. The van der Waals surface area contributed by atoms with E-state index in [1.807, 2.05) is 6.07 Å². The molecule has 1 fully saturated rings. The lowest BCUT2D eigenvalue weighted by molar-refractivity contribution is -0.384. The van der Waals surface area contributed by atoms with Gasteiger partial charge in [0.05, 0.1) is 28.6 Å². The van der Waals surface area contributed by atoms with Crippen LogP contribution in [-0.2, 0) is 10.2 Å². The molecule has 0 N–H and O–H groups in total. The van der Waals surface area contributed by atoms with Crippen LogP contribution in [0.5, 0.6) is 5.75 Å². The number of carbonyl (C=O) groups excluding carboxylic acids is 1. The number of nitro benzene ring substituents is 1. The molecule has 7 heteroatoms. The van der Waals surface area contributed by atoms with E-state index < -0.39 is 27.8 Å². The van der Waals surface area contributed by atoms with Crippen LogP contribution in [0.2, 0.25) is 0 Å². The molecule has 2 aromatic carbocycles. The van der Waals surface area contributed by atoms with Crippen molar-refractivity contribution in [2.24, 2.45) is 5.41 Å². The third-order valence-corrected chi connectivity index (χ3v) is 5.34. The average molecular weight is 362 g/mol. The molecule has 4 rings (SSSR count). The van der Waals surface area contributed by atoms with Crippen molar-refractivity contribution in [3.05, 3.63) is 82.4 Å². The number of ether oxygens (including phenoxy) is 2. The van der Waals surface area contributed by atoms with Crippen LogP contribution in [0.3, 0.4) is 0 Å². The lowest BCUT2D eigenvalue weighted by Gasteiger charge is -2.41. The molecule has 0 bridgehead atoms. The Morgan fingerprint density at radius 2 is 2.04 bits per heavy atom. The number of carbonyl (C=O) groups is 1. The van der Waals surface area contributed by atoms with Gasteiger partial charge in [0.15, 0.2) is 11.2 Å². The second kappa shape index (κ2) is 5.76. The molecular weight excluding hydrogens is 348 g/mol. The number of Topliss-reactive ketones (excluding diaryl/α,β-unsaturated/α-hetero) is 1. The van der Waals surface area contributed by atoms with Crippen LogP contribution < -0.4 is 4.74 Å². The molecule has 0 saturated carbocycles. The van der Waals surface area contributed by atoms with Crippen LogP contribution in [0, 0.1) is 26.9 Å². The molecule has 0 unspecified atom stereocenters. The van der Waals surface area contributed by atoms with Gasteiger partial charge in [-0.3, -0.25) is 14.9 Å². The molecule has 2 aromatic rings. The summed E-state index contributed by atoms with van der Waals surface area (Å²) in [5, 5.41) is 21.3. The van der Waals surface area contributed by atoms with Crippen LogP contribution in [0.4, 0.5) is 5.69 Å². The van der Waals surface area contributed by atoms with E-state index in [1.54, 1.807) is 24.3 Å². The monoisotopic (exact) mass is 362 g/mol. The molecule has 0 radical (unpaired) electrons. The summed E-state index contributed by atoms with van der Waals surface area (Å²) in [6.45, 7) is 3.89. The summed E-state index contributed by atoms with van der Waals surface area (Å²) in [7, 11) is 0. The number of hydrogen-bond acceptors (Lipinski definition) is 6. The van der Waals surface area contributed by atoms with Gasteiger partial charge in [-0.25, -0.2) is 0 Å². The molecule has 1 saturated heterocycles. The van der Waals surface area contributed by atoms with Crippen LogP contribution in [0.1, 0.15) is 15.9 Å². The fraction of sp³-hybridized carbons (Fsp3) is 0.200. The van der Waals surface area contributed by atoms with Crippen molar-refractivity contribution in [1.29, 1.82) is 5.26 Å². The molecule has 2 aliphatic heterocycles. The topological polar surface area (TPSA) is 102 Å². The smallest absolute Gasteiger partial charge is 0.270 e. The molecule has 134 valence electrons. The molecule has 7 nitrogen and oxygen atoms in total. The maximum atomic E-state index is 13.5. The lowest BCUT2D eigenvalue weighted by Crippen LogP contribution is -2.55. The molecule has 27 heavy (non-hydrogen) atoms. The first-order valence-electron chi connectivity index (χ1n) is 8.22. The zero-order valence-corrected chi connectivity index (χ0v) is 14.1. The molecule has 0 aromatic heterocycles. The third kappa shape index (κ3) is 2.02. The number of rotatable bonds is 3. The van der Waals surface area contributed by atoms with Crippen LogP contribution in [0.25, 0.3) is 0 Å². The number of nitro groups is 1. The fourth-order valence-electron chi connectivity index (χ4n) is 3.92. The van der Waals surface area contributed by atoms with Gasteiger partial charge in [-0.15, -0.1) is 6.58 Å². The van der Waals surface area contributed by atoms with E-state index in [0.29, 0.717) is 5.56 Å². The van der Waals surface area contributed by atoms with Gasteiger partial charge in [0.2, 0.25) is 6.29 Å². The highest BCUT2D eigenvalue weighted by Crippen LogP contribution is 2.56. The molecule has 3 atom stereocenters. The largest absolute Gasteiger partial charge is 0.462 e. The van der Waals surface area contributed by atoms with Gasteiger partial charge in [-0.2, -0.15) is 5.26 Å². The third-order valence-electron chi connectivity index (χ3n) is 5.34. The number of benzene rings is 2. The zero-order valence-electron chi connectivity index (χ0n) is 14.1. The van der Waals surface area contributed by atoms with E-state index in [0.717, 1.165) is 6.07 Å². The summed E-state index contributed by atoms with van der Waals surface area (Å²) in [6, 6.07) is 14.9. The number of hydrogen-bond donors (Lipinski definition) is 0. The number of nitriles is 1. The summed E-state index contributed by atoms with van der Waals surface area (Å²) in [5.74, 6) is -0.407. The predicted octanol–water partition coefficient (Wildman–Crippen LogP) is 3.16. The number of non-ortho nitro benzene ring substituents is 1. The number of fused-ring (bicyclic) bond motifs is 2. The Morgan fingerprint density at radius 1 is 1.30 bits per heavy atom. The maximum Gasteiger partial charge on any atom is 0.270 e. The van der Waals surface area contributed by atoms with Crippen molar-refractivity contribution in [3.63, 3.8) is 0 Å². The van der Waals surface area contributed by atoms with E-state index in [9.17, 15) is 20.2 Å². The Morgan fingerprint density at radius 3 is 2.67 bits per heavy atom. The maximum absolute atomic E-state index is 13.5. The van der Waals surface area contributed by atoms with E-state index in [-0.39, 0.29) is 23.6 Å². The quantitative estimate of drug-likeness (QED) is 0.472. The minimum atomic E-state index is -1.74. The van der Waals surface area contributed by atoms with E-state index in [1.165, 1.54) is 18.2 Å². The first-order chi connectivity index (χ1) is 13.0. The summed E-state index contributed by atoms with van der Waals surface area (Å²) in [5.41, 5.74) is -2.45. The van der Waals surface area contributed by atoms with Crippen molar-refractivity contribution in [2.75, 3.05) is 6.61 Å². The van der Waals surface area contributed by atoms with Crippen LogP contribution in [-0.4, -0.2) is 23.6 Å². The van der Waals surface area contributed by atoms with Gasteiger partial charge < -0.3 is 9.47 Å². The average Bonchev–Trinajstić information content (AvgIpc) is 3.04. The molecular formula is C20H14N2O5. The molecule has 2 aliphatic rings. The van der Waals surface area contributed by atoms with E-state index in [2.05, 4.69) is 12.6 Å². The van der Waals surface area contributed by atoms with Gasteiger partial charge in [0, 0.05) is 12.1 Å². The van der Waals surface area contributed by atoms with Crippen molar-refractivity contribution in [2.45, 2.75) is 11.7 Å². The zero-order chi connectivity index (χ0) is 19.2. The number of ketones is 1. The van der Waals surface area contributed by atoms with Crippen molar-refractivity contribution < 1.29 is 19.2 Å². The molecule has 2 heterocycles. The predicted molar refractivity (Wildman–Crippen MR) is 94.2 cm³/mol. The van der Waals surface area contributed by atoms with E-state index >= 15 is 0 Å². The summed E-state index contributed by atoms with van der Waals surface area (Å²) < 4.78 is 11.5. The lowest BCUT2D eigenvalue weighted by atomic mass is 9.58. The first kappa shape index (κ1) is 16.9. The highest BCUT2D eigenvalue weighted by molar-refractivity contribution is 6.08. The van der Waals surface area contributed by atoms with Gasteiger partial charge in [0.25, 0.3) is 5.69 Å². The van der Waals surface area contributed by atoms with Crippen molar-refractivity contribution in [3.8, 4) is 11.8 Å². The fourth-order valence-corrected chi connectivity index (χ4v) is 3.92. The standard InChI is InChI=1S/C20H14N2O5/c1-2-19(13-6-4-3-5-7-13)12-26-18-20(19,11-21)17(23)15-10-14(22(24)25)8-9-16(15)27-18/h2-10,18H,1,12H2/t18-,19-,20+/m1/s1. The second-order valence-electron chi connectivity index (χ2n) is 6.49. The van der Waals surface area contributed by atoms with Gasteiger partial charge in [-0.1, -0.05) is 36.4 Å². The molecule has 0 aliphatic carbocycles. The normalized spacial score (nSPS) is 28.4.